The Labute approximate surface area is 114 Å². The van der Waals surface area contributed by atoms with Gasteiger partial charge in [-0.05, 0) is 22.4 Å². The highest BCUT2D eigenvalue weighted by molar-refractivity contribution is 9.10. The number of carbonyl (C=O) groups is 1. The van der Waals surface area contributed by atoms with Crippen LogP contribution in [-0.4, -0.2) is 28.8 Å². The fourth-order valence-electron chi connectivity index (χ4n) is 1.19. The molecule has 0 aliphatic rings. The van der Waals surface area contributed by atoms with Crippen molar-refractivity contribution in [2.24, 2.45) is 0 Å². The molecule has 6 heteroatoms. The first kappa shape index (κ1) is 14.4. The summed E-state index contributed by atoms with van der Waals surface area (Å²) < 4.78 is 5.37. The molecule has 0 unspecified atom stereocenters. The van der Waals surface area contributed by atoms with E-state index < -0.39 is 0 Å². The van der Waals surface area contributed by atoms with Crippen molar-refractivity contribution in [1.82, 2.24) is 9.97 Å². The Bertz CT molecular complexity index is 388. The van der Waals surface area contributed by atoms with Gasteiger partial charge in [-0.3, -0.25) is 4.79 Å². The van der Waals surface area contributed by atoms with E-state index in [1.165, 1.54) is 18.9 Å². The van der Waals surface area contributed by atoms with Crippen molar-refractivity contribution in [2.45, 2.75) is 31.2 Å². The number of halogens is 1. The summed E-state index contributed by atoms with van der Waals surface area (Å²) in [5, 5.41) is 0.888. The molecule has 0 saturated carbocycles. The number of carbonyl (C=O) groups excluding carboxylic acids is 1. The van der Waals surface area contributed by atoms with Crippen molar-refractivity contribution >= 4 is 33.7 Å². The monoisotopic (exact) mass is 318 g/mol. The first-order valence-electron chi connectivity index (χ1n) is 5.38. The molecule has 0 N–H and O–H groups in total. The minimum absolute atomic E-state index is 0.195. The molecular weight excluding hydrogens is 304 g/mol. The Balaban J connectivity index is 2.55. The minimum Gasteiger partial charge on any atom is -0.469 e. The molecule has 0 saturated heterocycles. The van der Waals surface area contributed by atoms with Gasteiger partial charge in [-0.1, -0.05) is 6.92 Å². The van der Waals surface area contributed by atoms with Crippen molar-refractivity contribution < 1.29 is 9.53 Å². The zero-order chi connectivity index (χ0) is 12.7. The fourth-order valence-corrected chi connectivity index (χ4v) is 2.61. The largest absolute Gasteiger partial charge is 0.469 e. The third-order valence-corrected chi connectivity index (χ3v) is 3.29. The molecule has 0 amide bonds. The van der Waals surface area contributed by atoms with E-state index in [0.717, 1.165) is 28.3 Å². The lowest BCUT2D eigenvalue weighted by atomic mass is 10.3. The number of rotatable bonds is 6. The van der Waals surface area contributed by atoms with E-state index in [1.807, 2.05) is 6.07 Å². The SMILES string of the molecule is CCCc1nc(Br)cc(SCCC(=O)OC)n1. The summed E-state index contributed by atoms with van der Waals surface area (Å²) in [5.74, 6) is 1.31. The van der Waals surface area contributed by atoms with E-state index >= 15 is 0 Å². The number of aryl methyl sites for hydroxylation is 1. The molecule has 0 atom stereocenters. The first-order chi connectivity index (χ1) is 8.15. The van der Waals surface area contributed by atoms with E-state index in [1.54, 1.807) is 0 Å². The van der Waals surface area contributed by atoms with Gasteiger partial charge in [-0.25, -0.2) is 9.97 Å². The lowest BCUT2D eigenvalue weighted by molar-refractivity contribution is -0.140. The molecule has 0 bridgehead atoms. The Morgan fingerprint density at radius 1 is 1.53 bits per heavy atom. The summed E-state index contributed by atoms with van der Waals surface area (Å²) >= 11 is 4.90. The predicted octanol–water partition coefficient (Wildman–Crippen LogP) is 2.85. The van der Waals surface area contributed by atoms with E-state index in [2.05, 4.69) is 37.6 Å². The Morgan fingerprint density at radius 3 is 2.94 bits per heavy atom. The van der Waals surface area contributed by atoms with Crippen LogP contribution in [0.25, 0.3) is 0 Å². The molecule has 4 nitrogen and oxygen atoms in total. The van der Waals surface area contributed by atoms with E-state index in [9.17, 15) is 4.79 Å². The van der Waals surface area contributed by atoms with Crippen LogP contribution < -0.4 is 0 Å². The van der Waals surface area contributed by atoms with Crippen LogP contribution in [0.2, 0.25) is 0 Å². The van der Waals surface area contributed by atoms with Gasteiger partial charge in [0.2, 0.25) is 0 Å². The maximum atomic E-state index is 11.0. The summed E-state index contributed by atoms with van der Waals surface area (Å²) in [6, 6.07) is 1.86. The third-order valence-electron chi connectivity index (χ3n) is 1.98. The summed E-state index contributed by atoms with van der Waals surface area (Å²) in [4.78, 5) is 19.7. The Kier molecular flexibility index (Phi) is 6.50. The molecule has 1 rings (SSSR count). The lowest BCUT2D eigenvalue weighted by Crippen LogP contribution is -2.02. The van der Waals surface area contributed by atoms with Crippen LogP contribution in [0.15, 0.2) is 15.7 Å². The average molecular weight is 319 g/mol. The van der Waals surface area contributed by atoms with Crippen molar-refractivity contribution in [3.63, 3.8) is 0 Å². The van der Waals surface area contributed by atoms with Gasteiger partial charge in [0.1, 0.15) is 15.5 Å². The normalized spacial score (nSPS) is 10.3. The Morgan fingerprint density at radius 2 is 2.29 bits per heavy atom. The quantitative estimate of drug-likeness (QED) is 0.458. The molecule has 0 radical (unpaired) electrons. The summed E-state index contributed by atoms with van der Waals surface area (Å²) in [6.07, 6.45) is 2.28. The van der Waals surface area contributed by atoms with Gasteiger partial charge in [-0.2, -0.15) is 0 Å². The summed E-state index contributed by atoms with van der Waals surface area (Å²) in [6.45, 7) is 2.09. The fraction of sp³-hybridized carbons (Fsp3) is 0.545. The summed E-state index contributed by atoms with van der Waals surface area (Å²) in [7, 11) is 1.40. The van der Waals surface area contributed by atoms with Crippen LogP contribution in [0.5, 0.6) is 0 Å². The summed E-state index contributed by atoms with van der Waals surface area (Å²) in [5.41, 5.74) is 0. The number of hydrogen-bond donors (Lipinski definition) is 0. The highest BCUT2D eigenvalue weighted by atomic mass is 79.9. The van der Waals surface area contributed by atoms with Gasteiger partial charge < -0.3 is 4.74 Å². The van der Waals surface area contributed by atoms with Gasteiger partial charge in [0.15, 0.2) is 0 Å². The first-order valence-corrected chi connectivity index (χ1v) is 7.16. The van der Waals surface area contributed by atoms with E-state index in [4.69, 9.17) is 0 Å². The van der Waals surface area contributed by atoms with Gasteiger partial charge in [-0.15, -0.1) is 11.8 Å². The number of hydrogen-bond acceptors (Lipinski definition) is 5. The molecule has 0 aromatic carbocycles. The molecule has 1 heterocycles. The second-order valence-electron chi connectivity index (χ2n) is 3.37. The number of nitrogens with zero attached hydrogens (tertiary/aromatic N) is 2. The minimum atomic E-state index is -0.195. The van der Waals surface area contributed by atoms with Crippen LogP contribution >= 0.6 is 27.7 Å². The van der Waals surface area contributed by atoms with Gasteiger partial charge in [0.25, 0.3) is 0 Å². The van der Waals surface area contributed by atoms with Crippen LogP contribution in [0.1, 0.15) is 25.6 Å². The second-order valence-corrected chi connectivity index (χ2v) is 5.30. The van der Waals surface area contributed by atoms with Crippen LogP contribution in [0.4, 0.5) is 0 Å². The van der Waals surface area contributed by atoms with Gasteiger partial charge >= 0.3 is 5.97 Å². The molecule has 0 aliphatic carbocycles. The predicted molar refractivity (Wildman–Crippen MR) is 71.1 cm³/mol. The molecule has 0 aliphatic heterocycles. The van der Waals surface area contributed by atoms with Crippen molar-refractivity contribution in [1.29, 1.82) is 0 Å². The van der Waals surface area contributed by atoms with E-state index in [-0.39, 0.29) is 5.97 Å². The molecule has 17 heavy (non-hydrogen) atoms. The van der Waals surface area contributed by atoms with Crippen LogP contribution in [-0.2, 0) is 16.0 Å². The number of thioether (sulfide) groups is 1. The molecule has 94 valence electrons. The molecule has 1 aromatic rings. The topological polar surface area (TPSA) is 52.1 Å². The molecule has 0 fully saturated rings. The van der Waals surface area contributed by atoms with Gasteiger partial charge in [0.05, 0.1) is 13.5 Å². The average Bonchev–Trinajstić information content (AvgIpc) is 2.28. The maximum Gasteiger partial charge on any atom is 0.306 e. The van der Waals surface area contributed by atoms with Crippen molar-refractivity contribution in [2.75, 3.05) is 12.9 Å². The lowest BCUT2D eigenvalue weighted by Gasteiger charge is -2.04. The standard InChI is InChI=1S/C11H15BrN2O2S/c1-3-4-9-13-8(12)7-10(14-9)17-6-5-11(15)16-2/h7H,3-6H2,1-2H3. The number of esters is 1. The maximum absolute atomic E-state index is 11.0. The number of methoxy groups -OCH3 is 1. The van der Waals surface area contributed by atoms with Crippen LogP contribution in [0, 0.1) is 0 Å². The van der Waals surface area contributed by atoms with Crippen LogP contribution in [0.3, 0.4) is 0 Å². The number of ether oxygens (including phenoxy) is 1. The second kappa shape index (κ2) is 7.66. The highest BCUT2D eigenvalue weighted by Crippen LogP contribution is 2.20. The smallest absolute Gasteiger partial charge is 0.306 e. The van der Waals surface area contributed by atoms with Crippen molar-refractivity contribution in [3.8, 4) is 0 Å². The zero-order valence-electron chi connectivity index (χ0n) is 9.90. The number of aromatic nitrogens is 2. The highest BCUT2D eigenvalue weighted by Gasteiger charge is 2.05. The Hall–Kier alpha value is -0.620. The van der Waals surface area contributed by atoms with Crippen molar-refractivity contribution in [3.05, 3.63) is 16.5 Å². The molecule has 0 spiro atoms. The molecule has 1 aromatic heterocycles. The van der Waals surface area contributed by atoms with E-state index in [0.29, 0.717) is 12.2 Å². The third kappa shape index (κ3) is 5.50. The zero-order valence-corrected chi connectivity index (χ0v) is 12.3. The van der Waals surface area contributed by atoms with Gasteiger partial charge in [0, 0.05) is 18.2 Å². The molecular formula is C11H15BrN2O2S.